The van der Waals surface area contributed by atoms with E-state index in [0.29, 0.717) is 0 Å². The number of nitrogens with zero attached hydrogens (tertiary/aromatic N) is 2. The summed E-state index contributed by atoms with van der Waals surface area (Å²) in [5.74, 6) is 3.10. The minimum Gasteiger partial charge on any atom is -0.316 e. The van der Waals surface area contributed by atoms with Gasteiger partial charge in [-0.2, -0.15) is 11.8 Å². The van der Waals surface area contributed by atoms with Gasteiger partial charge >= 0.3 is 0 Å². The van der Waals surface area contributed by atoms with Crippen LogP contribution in [0.4, 0.5) is 0 Å². The molecule has 1 aromatic rings. The molecule has 4 heteroatoms. The van der Waals surface area contributed by atoms with Crippen molar-refractivity contribution in [3.05, 3.63) is 22.8 Å². The molecule has 19 heavy (non-hydrogen) atoms. The highest BCUT2D eigenvalue weighted by atomic mass is 32.2. The van der Waals surface area contributed by atoms with Gasteiger partial charge in [-0.15, -0.1) is 0 Å². The van der Waals surface area contributed by atoms with Gasteiger partial charge in [0.05, 0.1) is 5.75 Å². The summed E-state index contributed by atoms with van der Waals surface area (Å²) in [6, 6.07) is 0. The van der Waals surface area contributed by atoms with Crippen molar-refractivity contribution < 1.29 is 0 Å². The standard InChI is InChI=1S/C15H27N3S/c1-5-8-16-9-7-14-12(3)17-15(18-13(14)4)11-19-10-6-2/h16H,5-11H2,1-4H3. The number of aryl methyl sites for hydroxylation is 2. The molecule has 0 aromatic carbocycles. The van der Waals surface area contributed by atoms with Crippen LogP contribution < -0.4 is 5.32 Å². The van der Waals surface area contributed by atoms with Crippen molar-refractivity contribution in [2.24, 2.45) is 0 Å². The molecule has 1 N–H and O–H groups in total. The lowest BCUT2D eigenvalue weighted by Crippen LogP contribution is -2.19. The van der Waals surface area contributed by atoms with E-state index in [9.17, 15) is 0 Å². The molecule has 0 aliphatic heterocycles. The number of rotatable bonds is 9. The van der Waals surface area contributed by atoms with Crippen LogP contribution in [0.5, 0.6) is 0 Å². The normalized spacial score (nSPS) is 10.9. The minimum atomic E-state index is 0.934. The lowest BCUT2D eigenvalue weighted by molar-refractivity contribution is 0.665. The fourth-order valence-corrected chi connectivity index (χ4v) is 2.80. The number of nitrogens with one attached hydrogen (secondary N) is 1. The highest BCUT2D eigenvalue weighted by molar-refractivity contribution is 7.98. The van der Waals surface area contributed by atoms with Gasteiger partial charge in [-0.1, -0.05) is 13.8 Å². The molecular weight excluding hydrogens is 254 g/mol. The van der Waals surface area contributed by atoms with E-state index in [1.54, 1.807) is 0 Å². The molecule has 1 aromatic heterocycles. The first kappa shape index (κ1) is 16.4. The molecule has 0 saturated carbocycles. The predicted octanol–water partition coefficient (Wildman–Crippen LogP) is 3.28. The van der Waals surface area contributed by atoms with Gasteiger partial charge in [0.15, 0.2) is 0 Å². The molecule has 0 spiro atoms. The van der Waals surface area contributed by atoms with Crippen molar-refractivity contribution in [2.45, 2.75) is 52.7 Å². The molecule has 0 aliphatic rings. The fraction of sp³-hybridized carbons (Fsp3) is 0.733. The maximum Gasteiger partial charge on any atom is 0.138 e. The van der Waals surface area contributed by atoms with Crippen LogP contribution in [0, 0.1) is 13.8 Å². The zero-order valence-corrected chi connectivity index (χ0v) is 13.6. The molecule has 0 aliphatic carbocycles. The highest BCUT2D eigenvalue weighted by Crippen LogP contribution is 2.15. The van der Waals surface area contributed by atoms with Gasteiger partial charge in [0.2, 0.25) is 0 Å². The quantitative estimate of drug-likeness (QED) is 0.705. The summed E-state index contributed by atoms with van der Waals surface area (Å²) in [5.41, 5.74) is 3.61. The molecule has 1 heterocycles. The van der Waals surface area contributed by atoms with E-state index in [-0.39, 0.29) is 0 Å². The van der Waals surface area contributed by atoms with Gasteiger partial charge in [0.1, 0.15) is 5.82 Å². The van der Waals surface area contributed by atoms with Crippen LogP contribution in [0.15, 0.2) is 0 Å². The third kappa shape index (κ3) is 5.91. The molecule has 0 radical (unpaired) electrons. The molecule has 0 unspecified atom stereocenters. The van der Waals surface area contributed by atoms with Gasteiger partial charge in [-0.05, 0) is 57.5 Å². The van der Waals surface area contributed by atoms with Crippen molar-refractivity contribution in [2.75, 3.05) is 18.8 Å². The largest absolute Gasteiger partial charge is 0.316 e. The Kier molecular flexibility index (Phi) is 8.07. The summed E-state index contributed by atoms with van der Waals surface area (Å²) in [7, 11) is 0. The van der Waals surface area contributed by atoms with Crippen molar-refractivity contribution in [3.63, 3.8) is 0 Å². The van der Waals surface area contributed by atoms with E-state index in [1.807, 2.05) is 11.8 Å². The predicted molar refractivity (Wildman–Crippen MR) is 84.8 cm³/mol. The SMILES string of the molecule is CCCNCCc1c(C)nc(CSCCC)nc1C. The summed E-state index contributed by atoms with van der Waals surface area (Å²) in [6.45, 7) is 10.7. The Morgan fingerprint density at radius 2 is 1.68 bits per heavy atom. The van der Waals surface area contributed by atoms with Crippen molar-refractivity contribution >= 4 is 11.8 Å². The average Bonchev–Trinajstić information content (AvgIpc) is 2.37. The van der Waals surface area contributed by atoms with Gasteiger partial charge in [0, 0.05) is 11.4 Å². The molecule has 1 rings (SSSR count). The smallest absolute Gasteiger partial charge is 0.138 e. The first-order chi connectivity index (χ1) is 9.19. The maximum atomic E-state index is 4.64. The van der Waals surface area contributed by atoms with Gasteiger partial charge in [-0.25, -0.2) is 9.97 Å². The molecule has 0 atom stereocenters. The van der Waals surface area contributed by atoms with E-state index in [4.69, 9.17) is 0 Å². The van der Waals surface area contributed by atoms with Crippen LogP contribution in [0.1, 0.15) is 49.5 Å². The second kappa shape index (κ2) is 9.32. The summed E-state index contributed by atoms with van der Waals surface area (Å²) in [4.78, 5) is 9.29. The van der Waals surface area contributed by atoms with E-state index in [0.717, 1.165) is 42.5 Å². The average molecular weight is 281 g/mol. The Morgan fingerprint density at radius 1 is 1.00 bits per heavy atom. The van der Waals surface area contributed by atoms with E-state index < -0.39 is 0 Å². The highest BCUT2D eigenvalue weighted by Gasteiger charge is 2.08. The molecule has 108 valence electrons. The van der Waals surface area contributed by atoms with E-state index >= 15 is 0 Å². The van der Waals surface area contributed by atoms with Crippen molar-refractivity contribution in [1.82, 2.24) is 15.3 Å². The van der Waals surface area contributed by atoms with Crippen LogP contribution >= 0.6 is 11.8 Å². The minimum absolute atomic E-state index is 0.934. The number of thioether (sulfide) groups is 1. The van der Waals surface area contributed by atoms with Crippen molar-refractivity contribution in [3.8, 4) is 0 Å². The third-order valence-corrected chi connectivity index (χ3v) is 4.18. The number of hydrogen-bond donors (Lipinski definition) is 1. The van der Waals surface area contributed by atoms with Crippen molar-refractivity contribution in [1.29, 1.82) is 0 Å². The molecule has 0 bridgehead atoms. The summed E-state index contributed by atoms with van der Waals surface area (Å²) in [5, 5.41) is 3.43. The Hall–Kier alpha value is -0.610. The van der Waals surface area contributed by atoms with Crippen LogP contribution in [0.25, 0.3) is 0 Å². The molecule has 0 fully saturated rings. The van der Waals surface area contributed by atoms with Crippen LogP contribution in [0.3, 0.4) is 0 Å². The molecule has 0 saturated heterocycles. The first-order valence-corrected chi connectivity index (χ1v) is 8.45. The third-order valence-electron chi connectivity index (χ3n) is 3.03. The Bertz CT molecular complexity index is 357. The van der Waals surface area contributed by atoms with Gasteiger partial charge in [-0.3, -0.25) is 0 Å². The zero-order chi connectivity index (χ0) is 14.1. The van der Waals surface area contributed by atoms with E-state index in [2.05, 4.69) is 43.0 Å². The van der Waals surface area contributed by atoms with Gasteiger partial charge < -0.3 is 5.32 Å². The second-order valence-corrected chi connectivity index (χ2v) is 5.95. The molecule has 0 amide bonds. The van der Waals surface area contributed by atoms with E-state index in [1.165, 1.54) is 24.2 Å². The summed E-state index contributed by atoms with van der Waals surface area (Å²) in [6.07, 6.45) is 3.42. The fourth-order valence-electron chi connectivity index (χ4n) is 2.06. The molecule has 3 nitrogen and oxygen atoms in total. The lowest BCUT2D eigenvalue weighted by atomic mass is 10.1. The Labute approximate surface area is 122 Å². The first-order valence-electron chi connectivity index (χ1n) is 7.30. The maximum absolute atomic E-state index is 4.64. The van der Waals surface area contributed by atoms with Crippen LogP contribution in [0.2, 0.25) is 0 Å². The summed E-state index contributed by atoms with van der Waals surface area (Å²) < 4.78 is 0. The second-order valence-electron chi connectivity index (χ2n) is 4.84. The van der Waals surface area contributed by atoms with Gasteiger partial charge in [0.25, 0.3) is 0 Å². The summed E-state index contributed by atoms with van der Waals surface area (Å²) >= 11 is 1.92. The van der Waals surface area contributed by atoms with Crippen LogP contribution in [-0.4, -0.2) is 28.8 Å². The molecular formula is C15H27N3S. The number of aromatic nitrogens is 2. The topological polar surface area (TPSA) is 37.8 Å². The Morgan fingerprint density at radius 3 is 2.26 bits per heavy atom. The zero-order valence-electron chi connectivity index (χ0n) is 12.8. The Balaban J connectivity index is 2.58. The van der Waals surface area contributed by atoms with Crippen LogP contribution in [-0.2, 0) is 12.2 Å². The lowest BCUT2D eigenvalue weighted by Gasteiger charge is -2.11. The number of hydrogen-bond acceptors (Lipinski definition) is 4. The monoisotopic (exact) mass is 281 g/mol.